The summed E-state index contributed by atoms with van der Waals surface area (Å²) in [5.74, 6) is 0.932. The largest absolute Gasteiger partial charge is 0.461 e. The summed E-state index contributed by atoms with van der Waals surface area (Å²) in [6.45, 7) is 5.81. The smallest absolute Gasteiger partial charge is 0.251 e. The quantitative estimate of drug-likeness (QED) is 0.525. The van der Waals surface area contributed by atoms with Crippen molar-refractivity contribution < 1.29 is 9.21 Å². The molecule has 3 heterocycles. The molecule has 3 aromatic heterocycles. The molecule has 0 spiro atoms. The van der Waals surface area contributed by atoms with Gasteiger partial charge in [-0.2, -0.15) is 0 Å². The van der Waals surface area contributed by atoms with Crippen LogP contribution in [0.15, 0.2) is 63.9 Å². The summed E-state index contributed by atoms with van der Waals surface area (Å²) >= 11 is 0. The van der Waals surface area contributed by atoms with Crippen molar-refractivity contribution in [1.82, 2.24) is 20.3 Å². The molecule has 0 bridgehead atoms. The van der Waals surface area contributed by atoms with Gasteiger partial charge < -0.3 is 14.7 Å². The first-order chi connectivity index (χ1) is 14.4. The fraction of sp³-hybridized carbons (Fsp3) is 0.217. The number of pyridine rings is 1. The summed E-state index contributed by atoms with van der Waals surface area (Å²) in [6.07, 6.45) is 1.64. The highest BCUT2D eigenvalue weighted by Gasteiger charge is 2.22. The second-order valence-corrected chi connectivity index (χ2v) is 7.54. The average molecular weight is 402 g/mol. The number of H-pyrrole nitrogens is 1. The normalized spacial score (nSPS) is 12.3. The van der Waals surface area contributed by atoms with Crippen LogP contribution in [0.2, 0.25) is 0 Å². The molecule has 0 aliphatic heterocycles. The number of aromatic amines is 1. The molecular weight excluding hydrogens is 380 g/mol. The Morgan fingerprint density at radius 3 is 2.70 bits per heavy atom. The zero-order chi connectivity index (χ0) is 21.3. The highest BCUT2D eigenvalue weighted by Crippen LogP contribution is 2.23. The third-order valence-corrected chi connectivity index (χ3v) is 4.84. The Labute approximate surface area is 173 Å². The van der Waals surface area contributed by atoms with Crippen LogP contribution in [0.5, 0.6) is 0 Å². The predicted octanol–water partition coefficient (Wildman–Crippen LogP) is 4.01. The van der Waals surface area contributed by atoms with Crippen LogP contribution in [0.1, 0.15) is 41.7 Å². The fourth-order valence-corrected chi connectivity index (χ4v) is 3.38. The zero-order valence-electron chi connectivity index (χ0n) is 17.0. The van der Waals surface area contributed by atoms with Crippen molar-refractivity contribution in [2.75, 3.05) is 0 Å². The van der Waals surface area contributed by atoms with Crippen molar-refractivity contribution in [3.63, 3.8) is 0 Å². The molecular formula is C23H22N4O3. The van der Waals surface area contributed by atoms with Gasteiger partial charge in [-0.15, -0.1) is 0 Å². The SMILES string of the molecule is Cc1cc2cc(C(=O)N[C@H](c3cc(=O)[nH]c(-c4ccccn4)n3)C(C)C)ccc2o1. The van der Waals surface area contributed by atoms with Gasteiger partial charge >= 0.3 is 0 Å². The molecule has 0 fully saturated rings. The number of benzene rings is 1. The van der Waals surface area contributed by atoms with Crippen LogP contribution >= 0.6 is 0 Å². The molecule has 1 atom stereocenters. The molecule has 0 radical (unpaired) electrons. The van der Waals surface area contributed by atoms with Crippen LogP contribution in [0, 0.1) is 12.8 Å². The van der Waals surface area contributed by atoms with E-state index < -0.39 is 6.04 Å². The van der Waals surface area contributed by atoms with Crippen molar-refractivity contribution in [2.45, 2.75) is 26.8 Å². The average Bonchev–Trinajstić information content (AvgIpc) is 3.11. The first-order valence-electron chi connectivity index (χ1n) is 9.74. The van der Waals surface area contributed by atoms with E-state index in [-0.39, 0.29) is 17.4 Å². The Balaban J connectivity index is 1.66. The molecule has 1 aromatic carbocycles. The second kappa shape index (κ2) is 7.94. The van der Waals surface area contributed by atoms with Gasteiger partial charge in [-0.3, -0.25) is 14.6 Å². The van der Waals surface area contributed by atoms with Gasteiger partial charge in [0.15, 0.2) is 5.82 Å². The summed E-state index contributed by atoms with van der Waals surface area (Å²) in [4.78, 5) is 36.8. The number of nitrogens with zero attached hydrogens (tertiary/aromatic N) is 2. The zero-order valence-corrected chi connectivity index (χ0v) is 17.0. The number of aryl methyl sites for hydroxylation is 1. The van der Waals surface area contributed by atoms with E-state index in [0.717, 1.165) is 16.7 Å². The van der Waals surface area contributed by atoms with E-state index in [4.69, 9.17) is 4.42 Å². The Hall–Kier alpha value is -3.74. The molecule has 30 heavy (non-hydrogen) atoms. The lowest BCUT2D eigenvalue weighted by Crippen LogP contribution is -2.33. The summed E-state index contributed by atoms with van der Waals surface area (Å²) < 4.78 is 5.57. The van der Waals surface area contributed by atoms with Crippen molar-refractivity contribution in [3.8, 4) is 11.5 Å². The number of rotatable bonds is 5. The van der Waals surface area contributed by atoms with Crippen molar-refractivity contribution in [1.29, 1.82) is 0 Å². The van der Waals surface area contributed by atoms with Gasteiger partial charge in [0.2, 0.25) is 0 Å². The van der Waals surface area contributed by atoms with Crippen LogP contribution in [0.25, 0.3) is 22.5 Å². The Bertz CT molecular complexity index is 1260. The molecule has 0 saturated heterocycles. The maximum atomic E-state index is 13.0. The van der Waals surface area contributed by atoms with Crippen molar-refractivity contribution in [2.24, 2.45) is 5.92 Å². The first kappa shape index (κ1) is 19.6. The van der Waals surface area contributed by atoms with E-state index >= 15 is 0 Å². The summed E-state index contributed by atoms with van der Waals surface area (Å²) in [6, 6.07) is 13.6. The van der Waals surface area contributed by atoms with Crippen LogP contribution in [-0.4, -0.2) is 20.9 Å². The van der Waals surface area contributed by atoms with E-state index in [1.807, 2.05) is 32.9 Å². The molecule has 4 rings (SSSR count). The van der Waals surface area contributed by atoms with Gasteiger partial charge in [0.05, 0.1) is 11.7 Å². The molecule has 0 aliphatic carbocycles. The molecule has 2 N–H and O–H groups in total. The Morgan fingerprint density at radius 1 is 1.13 bits per heavy atom. The van der Waals surface area contributed by atoms with Gasteiger partial charge in [-0.1, -0.05) is 19.9 Å². The molecule has 1 amide bonds. The number of fused-ring (bicyclic) bond motifs is 1. The standard InChI is InChI=1S/C23H22N4O3/c1-13(2)21(18-12-20(28)26-22(25-18)17-6-4-5-9-24-17)27-23(29)15-7-8-19-16(11-15)10-14(3)30-19/h4-13,21H,1-3H3,(H,27,29)(H,25,26,28)/t21-/m0/s1. The third kappa shape index (κ3) is 4.00. The number of aromatic nitrogens is 3. The number of hydrogen-bond acceptors (Lipinski definition) is 5. The summed E-state index contributed by atoms with van der Waals surface area (Å²) in [5, 5.41) is 3.89. The maximum absolute atomic E-state index is 13.0. The molecule has 7 heteroatoms. The van der Waals surface area contributed by atoms with E-state index in [1.54, 1.807) is 36.5 Å². The second-order valence-electron chi connectivity index (χ2n) is 7.54. The van der Waals surface area contributed by atoms with Crippen LogP contribution < -0.4 is 10.9 Å². The molecule has 152 valence electrons. The van der Waals surface area contributed by atoms with E-state index in [9.17, 15) is 9.59 Å². The van der Waals surface area contributed by atoms with E-state index in [0.29, 0.717) is 22.8 Å². The number of furan rings is 1. The number of hydrogen-bond donors (Lipinski definition) is 2. The number of carbonyl (C=O) groups is 1. The van der Waals surface area contributed by atoms with Gasteiger partial charge in [0.1, 0.15) is 17.0 Å². The molecule has 0 unspecified atom stereocenters. The molecule has 0 aliphatic rings. The van der Waals surface area contributed by atoms with Crippen LogP contribution in [-0.2, 0) is 0 Å². The minimum atomic E-state index is -0.441. The minimum Gasteiger partial charge on any atom is -0.461 e. The fourth-order valence-electron chi connectivity index (χ4n) is 3.38. The molecule has 7 nitrogen and oxygen atoms in total. The Kier molecular flexibility index (Phi) is 5.18. The van der Waals surface area contributed by atoms with E-state index in [1.165, 1.54) is 6.07 Å². The van der Waals surface area contributed by atoms with Crippen molar-refractivity contribution in [3.05, 3.63) is 82.1 Å². The first-order valence-corrected chi connectivity index (χ1v) is 9.74. The topological polar surface area (TPSA) is 101 Å². The van der Waals surface area contributed by atoms with Crippen LogP contribution in [0.3, 0.4) is 0 Å². The highest BCUT2D eigenvalue weighted by atomic mass is 16.3. The number of carbonyl (C=O) groups excluding carboxylic acids is 1. The number of amides is 1. The Morgan fingerprint density at radius 2 is 1.97 bits per heavy atom. The lowest BCUT2D eigenvalue weighted by atomic mass is 9.99. The van der Waals surface area contributed by atoms with Gasteiger partial charge in [-0.25, -0.2) is 4.98 Å². The molecule has 0 saturated carbocycles. The van der Waals surface area contributed by atoms with Gasteiger partial charge in [-0.05, 0) is 49.2 Å². The summed E-state index contributed by atoms with van der Waals surface area (Å²) in [5.41, 5.74) is 2.01. The van der Waals surface area contributed by atoms with Gasteiger partial charge in [0, 0.05) is 23.2 Å². The number of nitrogens with one attached hydrogen (secondary N) is 2. The van der Waals surface area contributed by atoms with E-state index in [2.05, 4.69) is 20.3 Å². The third-order valence-electron chi connectivity index (χ3n) is 4.84. The van der Waals surface area contributed by atoms with Gasteiger partial charge in [0.25, 0.3) is 11.5 Å². The molecule has 4 aromatic rings. The monoisotopic (exact) mass is 402 g/mol. The minimum absolute atomic E-state index is 0.0136. The lowest BCUT2D eigenvalue weighted by Gasteiger charge is -2.22. The predicted molar refractivity (Wildman–Crippen MR) is 114 cm³/mol. The lowest BCUT2D eigenvalue weighted by molar-refractivity contribution is 0.0924. The van der Waals surface area contributed by atoms with Crippen molar-refractivity contribution >= 4 is 16.9 Å². The summed E-state index contributed by atoms with van der Waals surface area (Å²) in [7, 11) is 0. The highest BCUT2D eigenvalue weighted by molar-refractivity contribution is 5.98. The van der Waals surface area contributed by atoms with Crippen LogP contribution in [0.4, 0.5) is 0 Å². The maximum Gasteiger partial charge on any atom is 0.251 e.